The molecule has 0 saturated carbocycles. The summed E-state index contributed by atoms with van der Waals surface area (Å²) in [5.41, 5.74) is 0.208. The second-order valence-corrected chi connectivity index (χ2v) is 7.97. The van der Waals surface area contributed by atoms with Crippen LogP contribution in [0.5, 0.6) is 5.75 Å². The Bertz CT molecular complexity index is 1280. The van der Waals surface area contributed by atoms with Gasteiger partial charge in [-0.15, -0.1) is 0 Å². The number of para-hydroxylation sites is 1. The lowest BCUT2D eigenvalue weighted by Gasteiger charge is -2.21. The van der Waals surface area contributed by atoms with E-state index in [0.717, 1.165) is 4.57 Å². The zero-order valence-electron chi connectivity index (χ0n) is 16.6. The molecule has 2 heterocycles. The number of thioether (sulfide) groups is 1. The molecule has 1 aromatic heterocycles. The van der Waals surface area contributed by atoms with Crippen LogP contribution in [-0.2, 0) is 9.59 Å². The Hall–Kier alpha value is -3.53. The molecule has 2 aromatic carbocycles. The first-order valence-electron chi connectivity index (χ1n) is 9.58. The Labute approximate surface area is 180 Å². The summed E-state index contributed by atoms with van der Waals surface area (Å²) in [4.78, 5) is 53.0. The van der Waals surface area contributed by atoms with Crippen LogP contribution in [0.3, 0.4) is 0 Å². The Kier molecular flexibility index (Phi) is 5.81. The zero-order chi connectivity index (χ0) is 22.0. The van der Waals surface area contributed by atoms with Gasteiger partial charge in [-0.25, -0.2) is 9.36 Å². The van der Waals surface area contributed by atoms with Gasteiger partial charge in [-0.2, -0.15) is 11.8 Å². The Morgan fingerprint density at radius 2 is 2.03 bits per heavy atom. The van der Waals surface area contributed by atoms with Crippen molar-refractivity contribution in [3.8, 4) is 5.75 Å². The lowest BCUT2D eigenvalue weighted by molar-refractivity contribution is -0.120. The number of aromatic amines is 1. The number of anilines is 2. The van der Waals surface area contributed by atoms with Gasteiger partial charge in [0, 0.05) is 11.8 Å². The summed E-state index contributed by atoms with van der Waals surface area (Å²) in [6, 6.07) is 10.5. The molecule has 10 heteroatoms. The largest absolute Gasteiger partial charge is 0.482 e. The van der Waals surface area contributed by atoms with Gasteiger partial charge in [-0.05, 0) is 42.7 Å². The van der Waals surface area contributed by atoms with Gasteiger partial charge in [0.2, 0.25) is 5.91 Å². The van der Waals surface area contributed by atoms with Gasteiger partial charge in [0.1, 0.15) is 11.8 Å². The minimum atomic E-state index is -0.995. The lowest BCUT2D eigenvalue weighted by atomic mass is 10.1. The molecule has 0 radical (unpaired) electrons. The van der Waals surface area contributed by atoms with E-state index >= 15 is 0 Å². The summed E-state index contributed by atoms with van der Waals surface area (Å²) in [5, 5.41) is 5.77. The highest BCUT2D eigenvalue weighted by molar-refractivity contribution is 7.98. The van der Waals surface area contributed by atoms with E-state index < -0.39 is 23.2 Å². The van der Waals surface area contributed by atoms with E-state index in [9.17, 15) is 19.2 Å². The molecule has 2 amide bonds. The third-order valence-corrected chi connectivity index (χ3v) is 5.57. The van der Waals surface area contributed by atoms with Crippen LogP contribution >= 0.6 is 11.8 Å². The second kappa shape index (κ2) is 8.68. The number of carbonyl (C=O) groups is 2. The molecule has 0 fully saturated rings. The van der Waals surface area contributed by atoms with Gasteiger partial charge in [0.15, 0.2) is 6.61 Å². The number of H-pyrrole nitrogens is 1. The van der Waals surface area contributed by atoms with E-state index in [0.29, 0.717) is 40.2 Å². The van der Waals surface area contributed by atoms with E-state index in [2.05, 4.69) is 15.6 Å². The van der Waals surface area contributed by atoms with Crippen molar-refractivity contribution < 1.29 is 14.3 Å². The Balaban J connectivity index is 1.68. The van der Waals surface area contributed by atoms with Crippen LogP contribution in [0.15, 0.2) is 52.1 Å². The predicted octanol–water partition coefficient (Wildman–Crippen LogP) is 1.95. The smallest absolute Gasteiger partial charge is 0.329 e. The highest BCUT2D eigenvalue weighted by Gasteiger charge is 2.25. The number of hydrogen-bond donors (Lipinski definition) is 3. The van der Waals surface area contributed by atoms with Crippen LogP contribution in [0.4, 0.5) is 11.4 Å². The van der Waals surface area contributed by atoms with Gasteiger partial charge >= 0.3 is 5.69 Å². The van der Waals surface area contributed by atoms with E-state index in [-0.39, 0.29) is 12.5 Å². The summed E-state index contributed by atoms with van der Waals surface area (Å²) in [6.07, 6.45) is 2.18. The number of nitrogens with zero attached hydrogens (tertiary/aromatic N) is 1. The first kappa shape index (κ1) is 20.7. The van der Waals surface area contributed by atoms with Gasteiger partial charge in [-0.1, -0.05) is 12.1 Å². The fourth-order valence-electron chi connectivity index (χ4n) is 3.44. The van der Waals surface area contributed by atoms with E-state index in [1.165, 1.54) is 11.8 Å². The Morgan fingerprint density at radius 3 is 2.84 bits per heavy atom. The average molecular weight is 440 g/mol. The van der Waals surface area contributed by atoms with Crippen molar-refractivity contribution >= 4 is 45.9 Å². The zero-order valence-corrected chi connectivity index (χ0v) is 17.5. The average Bonchev–Trinajstić information content (AvgIpc) is 2.76. The molecule has 3 N–H and O–H groups in total. The van der Waals surface area contributed by atoms with Crippen LogP contribution in [-0.4, -0.2) is 40.0 Å². The number of amides is 2. The summed E-state index contributed by atoms with van der Waals surface area (Å²) < 4.78 is 6.35. The third-order valence-electron chi connectivity index (χ3n) is 4.93. The van der Waals surface area contributed by atoms with Crippen molar-refractivity contribution in [3.63, 3.8) is 0 Å². The third kappa shape index (κ3) is 4.19. The monoisotopic (exact) mass is 440 g/mol. The maximum atomic E-state index is 13.1. The summed E-state index contributed by atoms with van der Waals surface area (Å²) in [7, 11) is 0. The molecule has 0 bridgehead atoms. The fraction of sp³-hybridized carbons (Fsp3) is 0.238. The summed E-state index contributed by atoms with van der Waals surface area (Å²) >= 11 is 1.51. The van der Waals surface area contributed by atoms with Crippen molar-refractivity contribution in [2.24, 2.45) is 0 Å². The highest BCUT2D eigenvalue weighted by Crippen LogP contribution is 2.31. The Morgan fingerprint density at radius 1 is 1.23 bits per heavy atom. The van der Waals surface area contributed by atoms with E-state index in [1.54, 1.807) is 42.5 Å². The SMILES string of the molecule is CSCCC(C(=O)Nc1ccc2c(c1)OCC(=O)N2)n1c(=O)[nH]c2ccccc2c1=O. The van der Waals surface area contributed by atoms with Gasteiger partial charge < -0.3 is 20.4 Å². The molecular formula is C21H20N4O5S. The molecule has 1 aliphatic heterocycles. The molecule has 0 aliphatic carbocycles. The van der Waals surface area contributed by atoms with Crippen molar-refractivity contribution in [1.82, 2.24) is 9.55 Å². The van der Waals surface area contributed by atoms with Gasteiger partial charge in [0.05, 0.1) is 16.6 Å². The van der Waals surface area contributed by atoms with Crippen LogP contribution in [0, 0.1) is 0 Å². The summed E-state index contributed by atoms with van der Waals surface area (Å²) in [5.74, 6) is 0.266. The highest BCUT2D eigenvalue weighted by atomic mass is 32.2. The molecule has 1 aliphatic rings. The number of nitrogens with one attached hydrogen (secondary N) is 3. The van der Waals surface area contributed by atoms with E-state index in [1.807, 2.05) is 6.26 Å². The fourth-order valence-corrected chi connectivity index (χ4v) is 3.90. The molecule has 31 heavy (non-hydrogen) atoms. The normalized spacial score (nSPS) is 13.8. The molecule has 1 atom stereocenters. The van der Waals surface area contributed by atoms with E-state index in [4.69, 9.17) is 4.74 Å². The molecule has 4 rings (SSSR count). The molecule has 9 nitrogen and oxygen atoms in total. The number of fused-ring (bicyclic) bond motifs is 2. The standard InChI is InChI=1S/C21H20N4O5S/c1-31-9-8-16(25-20(28)13-4-2-3-5-14(13)24-21(25)29)19(27)22-12-6-7-15-17(10-12)30-11-18(26)23-15/h2-7,10,16H,8-9,11H2,1H3,(H,22,27)(H,23,26)(H,24,29). The molecule has 160 valence electrons. The quantitative estimate of drug-likeness (QED) is 0.539. The minimum Gasteiger partial charge on any atom is -0.482 e. The number of hydrogen-bond acceptors (Lipinski definition) is 6. The predicted molar refractivity (Wildman–Crippen MR) is 120 cm³/mol. The van der Waals surface area contributed by atoms with Crippen molar-refractivity contribution in [1.29, 1.82) is 0 Å². The van der Waals surface area contributed by atoms with Crippen molar-refractivity contribution in [3.05, 3.63) is 63.3 Å². The van der Waals surface area contributed by atoms with Gasteiger partial charge in [-0.3, -0.25) is 14.4 Å². The van der Waals surface area contributed by atoms with Crippen molar-refractivity contribution in [2.45, 2.75) is 12.5 Å². The first-order valence-corrected chi connectivity index (χ1v) is 11.0. The number of ether oxygens (including phenoxy) is 1. The molecule has 1 unspecified atom stereocenters. The lowest BCUT2D eigenvalue weighted by Crippen LogP contribution is -2.43. The maximum absolute atomic E-state index is 13.1. The van der Waals surface area contributed by atoms with Crippen LogP contribution < -0.4 is 26.6 Å². The second-order valence-electron chi connectivity index (χ2n) is 6.99. The van der Waals surface area contributed by atoms with Crippen molar-refractivity contribution in [2.75, 3.05) is 29.2 Å². The first-order chi connectivity index (χ1) is 15.0. The molecule has 0 saturated heterocycles. The number of carbonyl (C=O) groups excluding carboxylic acids is 2. The maximum Gasteiger partial charge on any atom is 0.329 e. The summed E-state index contributed by atoms with van der Waals surface area (Å²) in [6.45, 7) is -0.109. The number of rotatable bonds is 6. The number of aromatic nitrogens is 2. The molecule has 3 aromatic rings. The van der Waals surface area contributed by atoms with Crippen LogP contribution in [0.2, 0.25) is 0 Å². The van der Waals surface area contributed by atoms with Crippen LogP contribution in [0.25, 0.3) is 10.9 Å². The minimum absolute atomic E-state index is 0.109. The number of benzene rings is 2. The molecular weight excluding hydrogens is 420 g/mol. The van der Waals surface area contributed by atoms with Gasteiger partial charge in [0.25, 0.3) is 11.5 Å². The molecule has 0 spiro atoms. The van der Waals surface area contributed by atoms with Crippen LogP contribution in [0.1, 0.15) is 12.5 Å². The topological polar surface area (TPSA) is 122 Å².